The maximum Gasteiger partial charge on any atom is 0.0959 e. The van der Waals surface area contributed by atoms with E-state index in [0.29, 0.717) is 0 Å². The molecule has 23 heavy (non-hydrogen) atoms. The SMILES string of the molecule is Brc1cccc(C2(NCc3csc(C4CCCC4)n3)CCC2)c1. The number of nitrogens with zero attached hydrogens (tertiary/aromatic N) is 1. The third kappa shape index (κ3) is 3.26. The lowest BCUT2D eigenvalue weighted by Crippen LogP contribution is -2.47. The number of hydrogen-bond acceptors (Lipinski definition) is 3. The van der Waals surface area contributed by atoms with Gasteiger partial charge in [-0.25, -0.2) is 4.98 Å². The van der Waals surface area contributed by atoms with E-state index < -0.39 is 0 Å². The zero-order valence-electron chi connectivity index (χ0n) is 13.4. The van der Waals surface area contributed by atoms with Crippen molar-refractivity contribution in [3.8, 4) is 0 Å². The Hall–Kier alpha value is -0.710. The molecule has 0 spiro atoms. The molecular formula is C19H23BrN2S. The molecule has 4 heteroatoms. The predicted octanol–water partition coefficient (Wildman–Crippen LogP) is 5.73. The minimum absolute atomic E-state index is 0.154. The first kappa shape index (κ1) is 15.8. The Balaban J connectivity index is 1.45. The Labute approximate surface area is 150 Å². The van der Waals surface area contributed by atoms with Crippen LogP contribution in [0.3, 0.4) is 0 Å². The van der Waals surface area contributed by atoms with Gasteiger partial charge in [0.25, 0.3) is 0 Å². The van der Waals surface area contributed by atoms with E-state index in [4.69, 9.17) is 4.98 Å². The number of aromatic nitrogens is 1. The molecular weight excluding hydrogens is 368 g/mol. The maximum atomic E-state index is 4.91. The fourth-order valence-electron chi connectivity index (χ4n) is 3.91. The third-order valence-corrected chi connectivity index (χ3v) is 7.02. The van der Waals surface area contributed by atoms with Crippen LogP contribution in [0.4, 0.5) is 0 Å². The van der Waals surface area contributed by atoms with Gasteiger partial charge in [0.15, 0.2) is 0 Å². The van der Waals surface area contributed by atoms with E-state index in [2.05, 4.69) is 50.9 Å². The molecule has 1 N–H and O–H groups in total. The van der Waals surface area contributed by atoms with Gasteiger partial charge < -0.3 is 5.32 Å². The summed E-state index contributed by atoms with van der Waals surface area (Å²) in [5.74, 6) is 0.733. The molecule has 2 aliphatic carbocycles. The van der Waals surface area contributed by atoms with Crippen molar-refractivity contribution in [1.29, 1.82) is 0 Å². The molecule has 0 atom stereocenters. The molecule has 1 aromatic heterocycles. The average Bonchev–Trinajstić information content (AvgIpc) is 3.17. The molecule has 2 saturated carbocycles. The van der Waals surface area contributed by atoms with E-state index in [9.17, 15) is 0 Å². The Morgan fingerprint density at radius 2 is 2.04 bits per heavy atom. The lowest BCUT2D eigenvalue weighted by atomic mass is 9.72. The highest BCUT2D eigenvalue weighted by atomic mass is 79.9. The van der Waals surface area contributed by atoms with Crippen LogP contribution >= 0.6 is 27.3 Å². The molecule has 0 radical (unpaired) electrons. The summed E-state index contributed by atoms with van der Waals surface area (Å²) in [7, 11) is 0. The van der Waals surface area contributed by atoms with Crippen molar-refractivity contribution in [2.24, 2.45) is 0 Å². The van der Waals surface area contributed by atoms with E-state index in [1.54, 1.807) is 0 Å². The second kappa shape index (κ2) is 6.66. The van der Waals surface area contributed by atoms with Gasteiger partial charge >= 0.3 is 0 Å². The highest BCUT2D eigenvalue weighted by Gasteiger charge is 2.38. The van der Waals surface area contributed by atoms with Crippen molar-refractivity contribution in [1.82, 2.24) is 10.3 Å². The maximum absolute atomic E-state index is 4.91. The molecule has 0 aliphatic heterocycles. The fourth-order valence-corrected chi connectivity index (χ4v) is 5.30. The van der Waals surface area contributed by atoms with Gasteiger partial charge in [0.05, 0.1) is 10.7 Å². The monoisotopic (exact) mass is 390 g/mol. The molecule has 2 fully saturated rings. The van der Waals surface area contributed by atoms with Crippen LogP contribution in [0.2, 0.25) is 0 Å². The second-order valence-electron chi connectivity index (χ2n) is 6.96. The van der Waals surface area contributed by atoms with Crippen molar-refractivity contribution >= 4 is 27.3 Å². The molecule has 0 bridgehead atoms. The summed E-state index contributed by atoms with van der Waals surface area (Å²) in [6.45, 7) is 0.885. The molecule has 0 saturated heterocycles. The van der Waals surface area contributed by atoms with Crippen LogP contribution in [-0.4, -0.2) is 4.98 Å². The predicted molar refractivity (Wildman–Crippen MR) is 99.8 cm³/mol. The van der Waals surface area contributed by atoms with Gasteiger partial charge in [-0.3, -0.25) is 0 Å². The van der Waals surface area contributed by atoms with Crippen LogP contribution in [0.1, 0.15) is 67.1 Å². The average molecular weight is 391 g/mol. The van der Waals surface area contributed by atoms with Gasteiger partial charge in [0, 0.05) is 27.9 Å². The number of hydrogen-bond donors (Lipinski definition) is 1. The van der Waals surface area contributed by atoms with Crippen LogP contribution in [0, 0.1) is 0 Å². The van der Waals surface area contributed by atoms with Gasteiger partial charge in [-0.2, -0.15) is 0 Å². The Kier molecular flexibility index (Phi) is 4.57. The summed E-state index contributed by atoms with van der Waals surface area (Å²) in [6.07, 6.45) is 9.19. The Morgan fingerprint density at radius 3 is 2.74 bits per heavy atom. The summed E-state index contributed by atoms with van der Waals surface area (Å²) in [5.41, 5.74) is 2.78. The molecule has 122 valence electrons. The Bertz CT molecular complexity index is 672. The number of nitrogens with one attached hydrogen (secondary N) is 1. The summed E-state index contributed by atoms with van der Waals surface area (Å²) in [6, 6.07) is 8.76. The van der Waals surface area contributed by atoms with Gasteiger partial charge in [0.2, 0.25) is 0 Å². The van der Waals surface area contributed by atoms with E-state index in [1.807, 2.05) is 11.3 Å². The van der Waals surface area contributed by atoms with Crippen molar-refractivity contribution in [3.05, 3.63) is 50.4 Å². The van der Waals surface area contributed by atoms with Crippen LogP contribution in [0.15, 0.2) is 34.1 Å². The van der Waals surface area contributed by atoms with Gasteiger partial charge in [-0.05, 0) is 49.8 Å². The third-order valence-electron chi connectivity index (χ3n) is 5.47. The van der Waals surface area contributed by atoms with E-state index >= 15 is 0 Å². The molecule has 0 unspecified atom stereocenters. The summed E-state index contributed by atoms with van der Waals surface area (Å²) >= 11 is 5.47. The normalized spacial score (nSPS) is 20.6. The summed E-state index contributed by atoms with van der Waals surface area (Å²) in [4.78, 5) is 4.91. The molecule has 0 amide bonds. The van der Waals surface area contributed by atoms with Gasteiger partial charge in [-0.15, -0.1) is 11.3 Å². The van der Waals surface area contributed by atoms with Crippen LogP contribution in [0.25, 0.3) is 0 Å². The Morgan fingerprint density at radius 1 is 1.22 bits per heavy atom. The van der Waals surface area contributed by atoms with Crippen molar-refractivity contribution in [2.45, 2.75) is 62.9 Å². The van der Waals surface area contributed by atoms with Gasteiger partial charge in [0.1, 0.15) is 0 Å². The number of thiazole rings is 1. The van der Waals surface area contributed by atoms with E-state index in [0.717, 1.165) is 12.5 Å². The van der Waals surface area contributed by atoms with E-state index in [1.165, 1.54) is 65.7 Å². The van der Waals surface area contributed by atoms with Crippen molar-refractivity contribution < 1.29 is 0 Å². The number of benzene rings is 1. The number of rotatable bonds is 5. The second-order valence-corrected chi connectivity index (χ2v) is 8.76. The first-order chi connectivity index (χ1) is 11.3. The quantitative estimate of drug-likeness (QED) is 0.704. The summed E-state index contributed by atoms with van der Waals surface area (Å²) < 4.78 is 1.17. The summed E-state index contributed by atoms with van der Waals surface area (Å²) in [5, 5.41) is 7.44. The largest absolute Gasteiger partial charge is 0.302 e. The smallest absolute Gasteiger partial charge is 0.0959 e. The van der Waals surface area contributed by atoms with Crippen LogP contribution in [0.5, 0.6) is 0 Å². The van der Waals surface area contributed by atoms with Crippen molar-refractivity contribution in [2.75, 3.05) is 0 Å². The van der Waals surface area contributed by atoms with Crippen LogP contribution < -0.4 is 5.32 Å². The molecule has 2 aromatic rings. The zero-order chi connectivity index (χ0) is 15.7. The molecule has 1 heterocycles. The minimum Gasteiger partial charge on any atom is -0.302 e. The highest BCUT2D eigenvalue weighted by Crippen LogP contribution is 2.42. The van der Waals surface area contributed by atoms with Crippen LogP contribution in [-0.2, 0) is 12.1 Å². The molecule has 2 nitrogen and oxygen atoms in total. The topological polar surface area (TPSA) is 24.9 Å². The lowest BCUT2D eigenvalue weighted by molar-refractivity contribution is 0.183. The van der Waals surface area contributed by atoms with E-state index in [-0.39, 0.29) is 5.54 Å². The molecule has 4 rings (SSSR count). The first-order valence-corrected chi connectivity index (χ1v) is 10.4. The standard InChI is InChI=1S/C19H23BrN2S/c20-16-8-3-7-15(11-16)19(9-4-10-19)21-12-17-13-23-18(22-17)14-5-1-2-6-14/h3,7-8,11,13-14,21H,1-2,4-6,9-10,12H2. The lowest BCUT2D eigenvalue weighted by Gasteiger charge is -2.43. The molecule has 2 aliphatic rings. The van der Waals surface area contributed by atoms with Crippen molar-refractivity contribution in [3.63, 3.8) is 0 Å². The minimum atomic E-state index is 0.154. The number of halogens is 1. The zero-order valence-corrected chi connectivity index (χ0v) is 15.8. The highest BCUT2D eigenvalue weighted by molar-refractivity contribution is 9.10. The fraction of sp³-hybridized carbons (Fsp3) is 0.526. The van der Waals surface area contributed by atoms with Gasteiger partial charge in [-0.1, -0.05) is 40.9 Å². The molecule has 1 aromatic carbocycles. The first-order valence-electron chi connectivity index (χ1n) is 8.71.